The number of hydrogen-bond acceptors (Lipinski definition) is 12. The molecule has 4 fully saturated rings. The van der Waals surface area contributed by atoms with E-state index in [1.807, 2.05) is 23.1 Å². The van der Waals surface area contributed by atoms with Crippen molar-refractivity contribution in [3.05, 3.63) is 65.4 Å². The van der Waals surface area contributed by atoms with Crippen LogP contribution in [0.5, 0.6) is 0 Å². The number of alkyl halides is 3. The Kier molecular flexibility index (Phi) is 12.8. The summed E-state index contributed by atoms with van der Waals surface area (Å²) in [4.78, 5) is 46.6. The van der Waals surface area contributed by atoms with E-state index in [9.17, 15) is 23.2 Å². The lowest BCUT2D eigenvalue weighted by molar-refractivity contribution is -0.134. The summed E-state index contributed by atoms with van der Waals surface area (Å²) in [6.07, 6.45) is 3.97. The number of nitrogens with one attached hydrogen (secondary N) is 2. The number of nitriles is 1. The van der Waals surface area contributed by atoms with Gasteiger partial charge >= 0.3 is 0 Å². The number of para-hydroxylation sites is 1. The molecule has 5 aromatic rings. The van der Waals surface area contributed by atoms with Crippen molar-refractivity contribution in [1.82, 2.24) is 44.4 Å². The van der Waals surface area contributed by atoms with Gasteiger partial charge in [-0.1, -0.05) is 24.0 Å². The number of fused-ring (bicyclic) bond motifs is 2. The molecule has 1 aromatic carbocycles. The third-order valence-corrected chi connectivity index (χ3v) is 12.9. The number of hydrogen-bond donors (Lipinski definition) is 2. The number of aromatic nitrogens is 7. The molecule has 340 valence electrons. The number of morpholine rings is 1. The first-order valence-electron chi connectivity index (χ1n) is 22.1. The van der Waals surface area contributed by atoms with Crippen molar-refractivity contribution < 1.29 is 37.0 Å². The fraction of sp³-hybridized carbons (Fsp3) is 0.511. The van der Waals surface area contributed by atoms with Crippen LogP contribution in [0.3, 0.4) is 0 Å². The van der Waals surface area contributed by atoms with Gasteiger partial charge < -0.3 is 19.7 Å². The summed E-state index contributed by atoms with van der Waals surface area (Å²) in [6, 6.07) is 9.35. The lowest BCUT2D eigenvalue weighted by Crippen LogP contribution is -2.47. The molecule has 20 heteroatoms. The van der Waals surface area contributed by atoms with Crippen LogP contribution in [0, 0.1) is 29.1 Å². The van der Waals surface area contributed by atoms with E-state index < -0.39 is 36.2 Å². The first-order chi connectivity index (χ1) is 31.5. The number of rotatable bonds is 11. The van der Waals surface area contributed by atoms with Gasteiger partial charge in [-0.3, -0.25) is 34.0 Å². The number of imide groups is 1. The molecule has 4 aromatic heterocycles. The highest BCUT2D eigenvalue weighted by Crippen LogP contribution is 2.36. The number of benzene rings is 1. The van der Waals surface area contributed by atoms with Crippen molar-refractivity contribution in [1.29, 1.82) is 5.26 Å². The second-order valence-electron chi connectivity index (χ2n) is 17.2. The molecule has 4 aliphatic rings. The minimum Gasteiger partial charge on any atom is -0.373 e. The van der Waals surface area contributed by atoms with Crippen molar-refractivity contribution >= 4 is 45.8 Å². The van der Waals surface area contributed by atoms with Gasteiger partial charge in [0.25, 0.3) is 12.3 Å². The van der Waals surface area contributed by atoms with Crippen molar-refractivity contribution in [2.75, 3.05) is 56.2 Å². The van der Waals surface area contributed by atoms with Gasteiger partial charge in [0.1, 0.15) is 24.2 Å². The summed E-state index contributed by atoms with van der Waals surface area (Å²) in [5.41, 5.74) is 1.87. The van der Waals surface area contributed by atoms with E-state index in [1.54, 1.807) is 24.0 Å². The minimum atomic E-state index is -2.92. The molecule has 3 amide bonds. The number of amides is 3. The van der Waals surface area contributed by atoms with E-state index >= 15 is 4.39 Å². The molecule has 9 rings (SSSR count). The smallest absolute Gasteiger partial charge is 0.284 e. The number of nitrogens with zero attached hydrogens (tertiary/aromatic N) is 10. The predicted molar refractivity (Wildman–Crippen MR) is 230 cm³/mol. The zero-order valence-electron chi connectivity index (χ0n) is 35.8. The van der Waals surface area contributed by atoms with Gasteiger partial charge in [-0.15, -0.1) is 0 Å². The summed E-state index contributed by atoms with van der Waals surface area (Å²) < 4.78 is 60.4. The highest BCUT2D eigenvalue weighted by molar-refractivity contribution is 6.08. The van der Waals surface area contributed by atoms with Crippen LogP contribution < -0.4 is 15.5 Å². The molecule has 0 radical (unpaired) electrons. The van der Waals surface area contributed by atoms with Crippen molar-refractivity contribution in [3.63, 3.8) is 0 Å². The van der Waals surface area contributed by atoms with Crippen LogP contribution in [-0.2, 0) is 26.1 Å². The molecule has 2 N–H and O–H groups in total. The van der Waals surface area contributed by atoms with Gasteiger partial charge in [0.2, 0.25) is 11.8 Å². The van der Waals surface area contributed by atoms with E-state index in [0.717, 1.165) is 30.3 Å². The molecule has 0 spiro atoms. The Labute approximate surface area is 372 Å². The van der Waals surface area contributed by atoms with Crippen LogP contribution in [0.1, 0.15) is 97.1 Å². The van der Waals surface area contributed by atoms with Gasteiger partial charge in [-0.05, 0) is 56.6 Å². The lowest BCUT2D eigenvalue weighted by Gasteiger charge is -2.38. The zero-order valence-corrected chi connectivity index (χ0v) is 35.8. The van der Waals surface area contributed by atoms with Crippen LogP contribution in [0.4, 0.5) is 24.7 Å². The summed E-state index contributed by atoms with van der Waals surface area (Å²) in [5.74, 6) is 5.26. The maximum absolute atomic E-state index is 15.5. The van der Waals surface area contributed by atoms with E-state index in [2.05, 4.69) is 53.7 Å². The normalized spacial score (nSPS) is 24.2. The molecule has 1 saturated carbocycles. The fourth-order valence-electron chi connectivity index (χ4n) is 9.60. The molecule has 0 bridgehead atoms. The Morgan fingerprint density at radius 3 is 2.72 bits per heavy atom. The second kappa shape index (κ2) is 19.0. The number of halogens is 3. The van der Waals surface area contributed by atoms with Crippen molar-refractivity contribution in [2.45, 2.75) is 88.1 Å². The van der Waals surface area contributed by atoms with E-state index in [4.69, 9.17) is 14.7 Å². The van der Waals surface area contributed by atoms with E-state index in [-0.39, 0.29) is 66.9 Å². The summed E-state index contributed by atoms with van der Waals surface area (Å²) in [7, 11) is 1.79. The standard InChI is InChI=1S/C45H49F3N12O5/c1-56-41-28(4-2-6-31(41)39(54-56)32-11-12-38(61)53-44(32)62)5-3-20-65-36-14-17-57(25-34(36)46)23-27-7-9-29(10-8-27)60-26-35(40(55-60)42(47)48)51-45(63)33-22-50-59-18-15-37(52-43(33)59)58-19-21-64-30(24-58)13-16-49/h2,4,6,15,18,22,26-27,29-30,32,34,36,42H,7-14,17,19-21,23-25H2,1H3,(H,51,63)(H,53,61,62)/t27-,29-,30?,32?,34-,36+/m1/s1. The molecule has 3 saturated heterocycles. The number of carbonyl (C=O) groups is 3. The molecule has 17 nitrogen and oxygen atoms in total. The largest absolute Gasteiger partial charge is 0.373 e. The molecule has 7 heterocycles. The Bertz CT molecular complexity index is 2690. The molecule has 1 aliphatic carbocycles. The van der Waals surface area contributed by atoms with Crippen molar-refractivity contribution in [3.8, 4) is 17.9 Å². The highest BCUT2D eigenvalue weighted by Gasteiger charge is 2.34. The van der Waals surface area contributed by atoms with Crippen LogP contribution in [0.2, 0.25) is 0 Å². The van der Waals surface area contributed by atoms with Gasteiger partial charge in [0.05, 0.1) is 71.9 Å². The SMILES string of the molecule is Cn1nc(C2CCC(=O)NC2=O)c2cccc(C#CCO[C@H]3CCN(C[C@H]4CC[C@H](n5cc(NC(=O)c6cnn7ccc(N8CCOC(CC#N)C8)nc67)c(C(F)F)n5)CC4)C[C@H]3F)c21. The first-order valence-corrected chi connectivity index (χ1v) is 22.1. The molecular weight excluding hydrogens is 846 g/mol. The molecular formula is C45H49F3N12O5. The molecule has 3 aliphatic heterocycles. The Morgan fingerprint density at radius 2 is 1.94 bits per heavy atom. The number of anilines is 2. The van der Waals surface area contributed by atoms with Crippen LogP contribution in [0.15, 0.2) is 42.9 Å². The molecule has 2 unspecified atom stereocenters. The molecule has 4 atom stereocenters. The quantitative estimate of drug-likeness (QED) is 0.136. The minimum absolute atomic E-state index is 0.0511. The lowest BCUT2D eigenvalue weighted by atomic mass is 9.85. The van der Waals surface area contributed by atoms with E-state index in [1.165, 1.54) is 21.6 Å². The zero-order chi connectivity index (χ0) is 45.2. The van der Waals surface area contributed by atoms with Gasteiger partial charge in [-0.25, -0.2) is 22.7 Å². The number of aryl methyl sites for hydroxylation is 1. The number of piperidine rings is 2. The number of carbonyl (C=O) groups excluding carboxylic acids is 3. The average Bonchev–Trinajstić information content (AvgIpc) is 4.02. The summed E-state index contributed by atoms with van der Waals surface area (Å²) >= 11 is 0. The summed E-state index contributed by atoms with van der Waals surface area (Å²) in [6.45, 7) is 3.13. The average molecular weight is 895 g/mol. The molecule has 65 heavy (non-hydrogen) atoms. The second-order valence-corrected chi connectivity index (χ2v) is 17.2. The topological polar surface area (TPSA) is 190 Å². The Hall–Kier alpha value is -6.35. The predicted octanol–water partition coefficient (Wildman–Crippen LogP) is 4.85. The third-order valence-electron chi connectivity index (χ3n) is 12.9. The fourth-order valence-corrected chi connectivity index (χ4v) is 9.60. The van der Waals surface area contributed by atoms with E-state index in [0.29, 0.717) is 74.9 Å². The maximum Gasteiger partial charge on any atom is 0.284 e. The number of ether oxygens (including phenoxy) is 2. The maximum atomic E-state index is 15.5. The van der Waals surface area contributed by atoms with Crippen LogP contribution in [0.25, 0.3) is 16.6 Å². The van der Waals surface area contributed by atoms with Crippen LogP contribution >= 0.6 is 0 Å². The van der Waals surface area contributed by atoms with Crippen molar-refractivity contribution in [2.24, 2.45) is 13.0 Å². The van der Waals surface area contributed by atoms with Crippen LogP contribution in [-0.4, -0.2) is 121 Å². The highest BCUT2D eigenvalue weighted by atomic mass is 19.3. The van der Waals surface area contributed by atoms with Gasteiger partial charge in [0.15, 0.2) is 11.3 Å². The monoisotopic (exact) mass is 894 g/mol. The summed E-state index contributed by atoms with van der Waals surface area (Å²) in [5, 5.41) is 28.0. The Morgan fingerprint density at radius 1 is 1.09 bits per heavy atom. The Balaban J connectivity index is 0.756. The third kappa shape index (κ3) is 9.42. The van der Waals surface area contributed by atoms with Gasteiger partial charge in [0, 0.05) is 64.0 Å². The first kappa shape index (κ1) is 43.9. The number of likely N-dealkylation sites (tertiary alicyclic amines) is 1. The van der Waals surface area contributed by atoms with Gasteiger partial charge in [-0.2, -0.15) is 20.6 Å².